The third kappa shape index (κ3) is 3.38. The Morgan fingerprint density at radius 1 is 1.36 bits per heavy atom. The predicted octanol–water partition coefficient (Wildman–Crippen LogP) is 3.41. The summed E-state index contributed by atoms with van der Waals surface area (Å²) in [5.74, 6) is -2.30. The Morgan fingerprint density at radius 2 is 2.11 bits per heavy atom. The second kappa shape index (κ2) is 7.33. The first-order valence-electron chi connectivity index (χ1n) is 8.63. The number of methoxy groups -OCH3 is 1. The van der Waals surface area contributed by atoms with E-state index in [4.69, 9.17) is 4.74 Å². The Morgan fingerprint density at radius 3 is 2.75 bits per heavy atom. The maximum absolute atomic E-state index is 14.5. The van der Waals surface area contributed by atoms with E-state index in [1.807, 2.05) is 6.07 Å². The number of nitrogens with one attached hydrogen (secondary N) is 1. The van der Waals surface area contributed by atoms with Crippen LogP contribution in [0.3, 0.4) is 0 Å². The molecule has 28 heavy (non-hydrogen) atoms. The lowest BCUT2D eigenvalue weighted by Gasteiger charge is -2.18. The average Bonchev–Trinajstić information content (AvgIpc) is 3.26. The molecule has 0 aliphatic carbocycles. The lowest BCUT2D eigenvalue weighted by Crippen LogP contribution is -2.22. The smallest absolute Gasteiger partial charge is 0.263 e. The number of benzene rings is 2. The number of aliphatic hydroxyl groups excluding tert-OH is 1. The highest BCUT2D eigenvalue weighted by atomic mass is 32.1. The van der Waals surface area contributed by atoms with Crippen molar-refractivity contribution < 1.29 is 23.4 Å². The van der Waals surface area contributed by atoms with Crippen LogP contribution in [0.4, 0.5) is 19.6 Å². The summed E-state index contributed by atoms with van der Waals surface area (Å²) < 4.78 is 35.0. The first-order valence-corrected chi connectivity index (χ1v) is 9.45. The van der Waals surface area contributed by atoms with Crippen molar-refractivity contribution in [2.75, 3.05) is 30.4 Å². The molecule has 3 aromatic rings. The summed E-state index contributed by atoms with van der Waals surface area (Å²) >= 11 is 1.18. The number of hydrogen-bond donors (Lipinski definition) is 2. The molecular weight excluding hydrogens is 388 g/mol. The number of aliphatic hydroxyl groups is 1. The monoisotopic (exact) mass is 405 g/mol. The second-order valence-electron chi connectivity index (χ2n) is 6.45. The van der Waals surface area contributed by atoms with E-state index in [1.165, 1.54) is 18.4 Å². The minimum Gasteiger partial charge on any atom is -0.494 e. The van der Waals surface area contributed by atoms with Gasteiger partial charge in [-0.3, -0.25) is 10.1 Å². The molecule has 1 unspecified atom stereocenters. The van der Waals surface area contributed by atoms with Crippen LogP contribution in [0.1, 0.15) is 16.8 Å². The van der Waals surface area contributed by atoms with Crippen LogP contribution in [0.15, 0.2) is 30.3 Å². The minimum absolute atomic E-state index is 0.218. The molecule has 9 heteroatoms. The van der Waals surface area contributed by atoms with Crippen LogP contribution in [0.25, 0.3) is 10.2 Å². The van der Waals surface area contributed by atoms with Gasteiger partial charge in [0.2, 0.25) is 0 Å². The standard InChI is InChI=1S/C19H17F2N3O3S/c1-27-14-3-2-4-15-17(14)22-19(28-15)23-18(26)16-12(20)7-10(8-13(16)21)24-6-5-11(25)9-24/h2-4,7-8,11,25H,5-6,9H2,1H3,(H,22,23,26). The average molecular weight is 405 g/mol. The van der Waals surface area contributed by atoms with Gasteiger partial charge in [0.15, 0.2) is 5.13 Å². The van der Waals surface area contributed by atoms with Crippen LogP contribution in [0.5, 0.6) is 5.75 Å². The fourth-order valence-corrected chi connectivity index (χ4v) is 4.12. The summed E-state index contributed by atoms with van der Waals surface area (Å²) in [6.45, 7) is 0.803. The van der Waals surface area contributed by atoms with Gasteiger partial charge in [0.1, 0.15) is 28.5 Å². The number of amides is 1. The van der Waals surface area contributed by atoms with Crippen molar-refractivity contribution in [1.29, 1.82) is 0 Å². The number of carbonyl (C=O) groups excluding carboxylic acids is 1. The van der Waals surface area contributed by atoms with Gasteiger partial charge in [-0.15, -0.1) is 0 Å². The number of anilines is 2. The maximum atomic E-state index is 14.5. The molecule has 0 spiro atoms. The molecule has 1 atom stereocenters. The largest absolute Gasteiger partial charge is 0.494 e. The molecule has 1 aliphatic rings. The maximum Gasteiger partial charge on any atom is 0.263 e. The normalized spacial score (nSPS) is 16.6. The quantitative estimate of drug-likeness (QED) is 0.696. The van der Waals surface area contributed by atoms with Crippen molar-refractivity contribution in [1.82, 2.24) is 4.98 Å². The molecule has 1 amide bonds. The van der Waals surface area contributed by atoms with E-state index < -0.39 is 29.2 Å². The number of fused-ring (bicyclic) bond motifs is 1. The molecule has 2 N–H and O–H groups in total. The number of rotatable bonds is 4. The summed E-state index contributed by atoms with van der Waals surface area (Å²) in [7, 11) is 1.51. The van der Waals surface area contributed by atoms with Crippen LogP contribution in [0.2, 0.25) is 0 Å². The molecule has 1 fully saturated rings. The van der Waals surface area contributed by atoms with Crippen molar-refractivity contribution in [3.63, 3.8) is 0 Å². The van der Waals surface area contributed by atoms with Crippen molar-refractivity contribution in [3.05, 3.63) is 47.5 Å². The van der Waals surface area contributed by atoms with Gasteiger partial charge in [-0.25, -0.2) is 13.8 Å². The molecular formula is C19H17F2N3O3S. The summed E-state index contributed by atoms with van der Waals surface area (Å²) in [6.07, 6.45) is 0.0112. The van der Waals surface area contributed by atoms with E-state index in [-0.39, 0.29) is 5.13 Å². The summed E-state index contributed by atoms with van der Waals surface area (Å²) in [5.41, 5.74) is 0.191. The van der Waals surface area contributed by atoms with E-state index in [2.05, 4.69) is 10.3 Å². The van der Waals surface area contributed by atoms with Gasteiger partial charge < -0.3 is 14.7 Å². The fraction of sp³-hybridized carbons (Fsp3) is 0.263. The lowest BCUT2D eigenvalue weighted by atomic mass is 10.1. The summed E-state index contributed by atoms with van der Waals surface area (Å²) in [6, 6.07) is 7.56. The third-order valence-electron chi connectivity index (χ3n) is 4.60. The Hall–Kier alpha value is -2.78. The first kappa shape index (κ1) is 18.6. The number of hydrogen-bond acceptors (Lipinski definition) is 6. The topological polar surface area (TPSA) is 74.7 Å². The molecule has 2 aromatic carbocycles. The number of β-amino-alcohol motifs (C(OH)–C–C–N with tert-alkyl or cyclic N) is 1. The number of para-hydroxylation sites is 1. The molecule has 0 bridgehead atoms. The van der Waals surface area contributed by atoms with Crippen molar-refractivity contribution in [2.45, 2.75) is 12.5 Å². The Balaban J connectivity index is 1.60. The Labute approximate surface area is 163 Å². The highest BCUT2D eigenvalue weighted by Crippen LogP contribution is 2.33. The molecule has 1 aromatic heterocycles. The van der Waals surface area contributed by atoms with Crippen molar-refractivity contribution in [2.24, 2.45) is 0 Å². The SMILES string of the molecule is COc1cccc2sc(NC(=O)c3c(F)cc(N4CCC(O)C4)cc3F)nc12. The summed E-state index contributed by atoms with van der Waals surface area (Å²) in [4.78, 5) is 18.4. The van der Waals surface area contributed by atoms with Crippen LogP contribution in [-0.4, -0.2) is 42.3 Å². The highest BCUT2D eigenvalue weighted by molar-refractivity contribution is 7.22. The van der Waals surface area contributed by atoms with Gasteiger partial charge in [0.25, 0.3) is 5.91 Å². The molecule has 1 aliphatic heterocycles. The van der Waals surface area contributed by atoms with Gasteiger partial charge in [0, 0.05) is 18.8 Å². The molecule has 146 valence electrons. The third-order valence-corrected chi connectivity index (χ3v) is 5.54. The predicted molar refractivity (Wildman–Crippen MR) is 103 cm³/mol. The van der Waals surface area contributed by atoms with Crippen LogP contribution >= 0.6 is 11.3 Å². The molecule has 6 nitrogen and oxygen atoms in total. The fourth-order valence-electron chi connectivity index (χ4n) is 3.24. The number of aromatic nitrogens is 1. The number of ether oxygens (including phenoxy) is 1. The Bertz CT molecular complexity index is 1030. The second-order valence-corrected chi connectivity index (χ2v) is 7.48. The Kier molecular flexibility index (Phi) is 4.86. The van der Waals surface area contributed by atoms with Gasteiger partial charge in [-0.1, -0.05) is 17.4 Å². The zero-order valence-corrected chi connectivity index (χ0v) is 15.7. The van der Waals surface area contributed by atoms with Gasteiger partial charge in [0.05, 0.1) is 17.9 Å². The zero-order valence-electron chi connectivity index (χ0n) is 14.9. The van der Waals surface area contributed by atoms with E-state index in [9.17, 15) is 18.7 Å². The van der Waals surface area contributed by atoms with Gasteiger partial charge in [-0.2, -0.15) is 0 Å². The molecule has 0 radical (unpaired) electrons. The van der Waals surface area contributed by atoms with Crippen molar-refractivity contribution >= 4 is 38.3 Å². The van der Waals surface area contributed by atoms with Gasteiger partial charge >= 0.3 is 0 Å². The minimum atomic E-state index is -0.965. The number of halogens is 2. The number of nitrogens with zero attached hydrogens (tertiary/aromatic N) is 2. The molecule has 0 saturated carbocycles. The molecule has 1 saturated heterocycles. The van der Waals surface area contributed by atoms with Crippen LogP contribution in [-0.2, 0) is 0 Å². The van der Waals surface area contributed by atoms with Gasteiger partial charge in [-0.05, 0) is 30.7 Å². The highest BCUT2D eigenvalue weighted by Gasteiger charge is 2.25. The van der Waals surface area contributed by atoms with E-state index >= 15 is 0 Å². The van der Waals surface area contributed by atoms with Crippen LogP contribution in [0, 0.1) is 11.6 Å². The molecule has 2 heterocycles. The van der Waals surface area contributed by atoms with Crippen molar-refractivity contribution in [3.8, 4) is 5.75 Å². The number of carbonyl (C=O) groups is 1. The number of thiazole rings is 1. The lowest BCUT2D eigenvalue weighted by molar-refractivity contribution is 0.101. The van der Waals surface area contributed by atoms with Crippen LogP contribution < -0.4 is 15.0 Å². The molecule has 4 rings (SSSR count). The van der Waals surface area contributed by atoms with E-state index in [0.717, 1.165) is 16.8 Å². The first-order chi connectivity index (χ1) is 13.5. The van der Waals surface area contributed by atoms with E-state index in [0.29, 0.717) is 36.5 Å². The zero-order chi connectivity index (χ0) is 19.8. The van der Waals surface area contributed by atoms with E-state index in [1.54, 1.807) is 17.0 Å². The summed E-state index contributed by atoms with van der Waals surface area (Å²) in [5, 5.41) is 12.3.